The number of hydrogen-bond donors (Lipinski definition) is 2. The number of nitrogens with one attached hydrogen (secondary N) is 2. The molecule has 1 aliphatic heterocycles. The van der Waals surface area contributed by atoms with Gasteiger partial charge in [-0.1, -0.05) is 44.2 Å². The topological polar surface area (TPSA) is 41.1 Å². The van der Waals surface area contributed by atoms with Crippen molar-refractivity contribution in [3.63, 3.8) is 0 Å². The highest BCUT2D eigenvalue weighted by Gasteiger charge is 2.34. The summed E-state index contributed by atoms with van der Waals surface area (Å²) >= 11 is 0. The van der Waals surface area contributed by atoms with Crippen LogP contribution in [-0.4, -0.2) is 31.5 Å². The van der Waals surface area contributed by atoms with E-state index >= 15 is 0 Å². The molecule has 98 valence electrons. The van der Waals surface area contributed by atoms with E-state index in [4.69, 9.17) is 0 Å². The Bertz CT molecular complexity index is 394. The summed E-state index contributed by atoms with van der Waals surface area (Å²) in [5.74, 6) is 0.304. The van der Waals surface area contributed by atoms with E-state index in [1.54, 1.807) is 0 Å². The average molecular weight is 246 g/mol. The van der Waals surface area contributed by atoms with Gasteiger partial charge in [-0.15, -0.1) is 0 Å². The van der Waals surface area contributed by atoms with Gasteiger partial charge in [-0.05, 0) is 12.0 Å². The summed E-state index contributed by atoms with van der Waals surface area (Å²) < 4.78 is 0. The van der Waals surface area contributed by atoms with Gasteiger partial charge in [-0.3, -0.25) is 4.79 Å². The van der Waals surface area contributed by atoms with Crippen LogP contribution < -0.4 is 10.6 Å². The molecule has 1 aromatic carbocycles. The fourth-order valence-corrected chi connectivity index (χ4v) is 2.50. The van der Waals surface area contributed by atoms with Crippen LogP contribution in [0, 0.1) is 5.41 Å². The molecule has 2 rings (SSSR count). The first-order chi connectivity index (χ1) is 8.59. The lowest BCUT2D eigenvalue weighted by atomic mass is 9.78. The number of rotatable bonds is 4. The zero-order chi connectivity index (χ0) is 13.0. The Morgan fingerprint density at radius 3 is 2.61 bits per heavy atom. The summed E-state index contributed by atoms with van der Waals surface area (Å²) in [7, 11) is 0. The first-order valence-electron chi connectivity index (χ1n) is 6.62. The van der Waals surface area contributed by atoms with Gasteiger partial charge in [0.1, 0.15) is 0 Å². The minimum absolute atomic E-state index is 0.0440. The molecule has 1 heterocycles. The molecule has 1 unspecified atom stereocenters. The molecule has 3 heteroatoms. The maximum atomic E-state index is 12.5. The Morgan fingerprint density at radius 2 is 2.00 bits per heavy atom. The van der Waals surface area contributed by atoms with E-state index in [-0.39, 0.29) is 11.5 Å². The fourth-order valence-electron chi connectivity index (χ4n) is 2.50. The molecule has 0 aromatic heterocycles. The molecule has 1 saturated heterocycles. The van der Waals surface area contributed by atoms with Crippen molar-refractivity contribution in [1.82, 2.24) is 10.6 Å². The van der Waals surface area contributed by atoms with E-state index in [9.17, 15) is 4.79 Å². The number of carbonyl (C=O) groups is 1. The number of ketones is 1. The molecule has 3 nitrogen and oxygen atoms in total. The molecular formula is C15H22N2O. The first kappa shape index (κ1) is 13.2. The highest BCUT2D eigenvalue weighted by molar-refractivity contribution is 5.89. The van der Waals surface area contributed by atoms with Gasteiger partial charge in [0, 0.05) is 25.0 Å². The Hall–Kier alpha value is -1.19. The van der Waals surface area contributed by atoms with Crippen molar-refractivity contribution < 1.29 is 4.79 Å². The van der Waals surface area contributed by atoms with Crippen molar-refractivity contribution in [2.45, 2.75) is 26.3 Å². The Labute approximate surface area is 109 Å². The number of benzene rings is 1. The minimum Gasteiger partial charge on any atom is -0.313 e. The van der Waals surface area contributed by atoms with Gasteiger partial charge in [0.15, 0.2) is 5.78 Å². The molecular weight excluding hydrogens is 224 g/mol. The molecule has 0 saturated carbocycles. The largest absolute Gasteiger partial charge is 0.313 e. The van der Waals surface area contributed by atoms with E-state index in [1.165, 1.54) is 5.56 Å². The minimum atomic E-state index is -0.321. The summed E-state index contributed by atoms with van der Waals surface area (Å²) in [6, 6.07) is 10.2. The van der Waals surface area contributed by atoms with Crippen molar-refractivity contribution in [2.75, 3.05) is 19.6 Å². The lowest BCUT2D eigenvalue weighted by Crippen LogP contribution is -2.55. The van der Waals surface area contributed by atoms with E-state index in [1.807, 2.05) is 32.0 Å². The van der Waals surface area contributed by atoms with Crippen LogP contribution in [0.25, 0.3) is 0 Å². The van der Waals surface area contributed by atoms with Gasteiger partial charge >= 0.3 is 0 Å². The van der Waals surface area contributed by atoms with Crippen molar-refractivity contribution in [3.8, 4) is 0 Å². The second-order valence-corrected chi connectivity index (χ2v) is 5.62. The summed E-state index contributed by atoms with van der Waals surface area (Å²) in [4.78, 5) is 12.5. The van der Waals surface area contributed by atoms with Gasteiger partial charge in [0.05, 0.1) is 6.04 Å². The molecule has 18 heavy (non-hydrogen) atoms. The van der Waals surface area contributed by atoms with Crippen molar-refractivity contribution in [1.29, 1.82) is 0 Å². The zero-order valence-electron chi connectivity index (χ0n) is 11.2. The van der Waals surface area contributed by atoms with Crippen LogP contribution in [0.5, 0.6) is 0 Å². The van der Waals surface area contributed by atoms with Crippen LogP contribution in [-0.2, 0) is 11.2 Å². The lowest BCUT2D eigenvalue weighted by Gasteiger charge is -2.31. The van der Waals surface area contributed by atoms with Gasteiger partial charge in [-0.2, -0.15) is 0 Å². The van der Waals surface area contributed by atoms with Crippen molar-refractivity contribution >= 4 is 5.78 Å². The van der Waals surface area contributed by atoms with Crippen LogP contribution in [0.3, 0.4) is 0 Å². The molecule has 0 bridgehead atoms. The van der Waals surface area contributed by atoms with Crippen LogP contribution in [0.1, 0.15) is 19.4 Å². The van der Waals surface area contributed by atoms with Crippen molar-refractivity contribution in [2.24, 2.45) is 5.41 Å². The fraction of sp³-hybridized carbons (Fsp3) is 0.533. The molecule has 0 spiro atoms. The third kappa shape index (κ3) is 3.18. The van der Waals surface area contributed by atoms with Gasteiger partial charge in [-0.25, -0.2) is 0 Å². The number of carbonyl (C=O) groups excluding carboxylic acids is 1. The molecule has 1 atom stereocenters. The highest BCUT2D eigenvalue weighted by Crippen LogP contribution is 2.24. The van der Waals surface area contributed by atoms with E-state index in [0.717, 1.165) is 26.1 Å². The molecule has 0 aliphatic carbocycles. The van der Waals surface area contributed by atoms with Gasteiger partial charge in [0.2, 0.25) is 0 Å². The Kier molecular flexibility index (Phi) is 4.15. The van der Waals surface area contributed by atoms with E-state index in [0.29, 0.717) is 5.78 Å². The molecule has 1 fully saturated rings. The standard InChI is InChI=1S/C15H22N2O/c1-15(2,10-12-6-4-3-5-7-12)14(18)13-11-16-8-9-17-13/h3-7,13,16-17H,8-11H2,1-2H3. The molecule has 0 amide bonds. The van der Waals surface area contributed by atoms with Gasteiger partial charge < -0.3 is 10.6 Å². The molecule has 2 N–H and O–H groups in total. The summed E-state index contributed by atoms with van der Waals surface area (Å²) in [6.45, 7) is 6.65. The average Bonchev–Trinajstić information content (AvgIpc) is 2.39. The second-order valence-electron chi connectivity index (χ2n) is 5.62. The summed E-state index contributed by atoms with van der Waals surface area (Å²) in [6.07, 6.45) is 0.796. The molecule has 1 aliphatic rings. The third-order valence-corrected chi connectivity index (χ3v) is 3.51. The second kappa shape index (κ2) is 5.63. The van der Waals surface area contributed by atoms with E-state index < -0.39 is 0 Å². The van der Waals surface area contributed by atoms with E-state index in [2.05, 4.69) is 22.8 Å². The maximum absolute atomic E-state index is 12.5. The number of Topliss-reactive ketones (excluding diaryl/α,β-unsaturated/α-hetero) is 1. The Balaban J connectivity index is 2.03. The van der Waals surface area contributed by atoms with Crippen molar-refractivity contribution in [3.05, 3.63) is 35.9 Å². The zero-order valence-corrected chi connectivity index (χ0v) is 11.2. The number of hydrogen-bond acceptors (Lipinski definition) is 3. The van der Waals surface area contributed by atoms with Gasteiger partial charge in [0.25, 0.3) is 0 Å². The van der Waals surface area contributed by atoms with Crippen LogP contribution in [0.4, 0.5) is 0 Å². The first-order valence-corrected chi connectivity index (χ1v) is 6.62. The van der Waals surface area contributed by atoms with Crippen LogP contribution in [0.2, 0.25) is 0 Å². The molecule has 1 aromatic rings. The third-order valence-electron chi connectivity index (χ3n) is 3.51. The quantitative estimate of drug-likeness (QED) is 0.843. The highest BCUT2D eigenvalue weighted by atomic mass is 16.1. The maximum Gasteiger partial charge on any atom is 0.156 e. The SMILES string of the molecule is CC(C)(Cc1ccccc1)C(=O)C1CNCCN1. The normalized spacial score (nSPS) is 20.7. The Morgan fingerprint density at radius 1 is 1.28 bits per heavy atom. The predicted octanol–water partition coefficient (Wildman–Crippen LogP) is 1.39. The van der Waals surface area contributed by atoms with Crippen LogP contribution >= 0.6 is 0 Å². The van der Waals surface area contributed by atoms with Crippen LogP contribution in [0.15, 0.2) is 30.3 Å². The summed E-state index contributed by atoms with van der Waals surface area (Å²) in [5, 5.41) is 6.57. The summed E-state index contributed by atoms with van der Waals surface area (Å²) in [5.41, 5.74) is 0.900. The lowest BCUT2D eigenvalue weighted by molar-refractivity contribution is -0.129. The smallest absolute Gasteiger partial charge is 0.156 e. The monoisotopic (exact) mass is 246 g/mol. The predicted molar refractivity (Wildman–Crippen MR) is 73.6 cm³/mol. The molecule has 0 radical (unpaired) electrons. The number of piperazine rings is 1.